The van der Waals surface area contributed by atoms with Gasteiger partial charge in [-0.05, 0) is 43.7 Å². The molecule has 2 heterocycles. The second-order valence-electron chi connectivity index (χ2n) is 7.40. The first kappa shape index (κ1) is 23.5. The summed E-state index contributed by atoms with van der Waals surface area (Å²) in [6, 6.07) is 12.0. The molecular weight excluding hydrogens is 458 g/mol. The van der Waals surface area contributed by atoms with E-state index in [-0.39, 0.29) is 25.1 Å². The van der Waals surface area contributed by atoms with Crippen molar-refractivity contribution in [1.29, 1.82) is 0 Å². The van der Waals surface area contributed by atoms with E-state index in [9.17, 15) is 9.59 Å². The van der Waals surface area contributed by atoms with Crippen molar-refractivity contribution in [3.8, 4) is 17.2 Å². The fourth-order valence-corrected chi connectivity index (χ4v) is 4.30. The second-order valence-corrected chi connectivity index (χ2v) is 8.37. The van der Waals surface area contributed by atoms with Crippen LogP contribution in [0.25, 0.3) is 0 Å². The first-order valence-corrected chi connectivity index (χ1v) is 11.7. The Morgan fingerprint density at radius 1 is 1.21 bits per heavy atom. The summed E-state index contributed by atoms with van der Waals surface area (Å²) >= 11 is 1.24. The molecule has 0 aliphatic carbocycles. The van der Waals surface area contributed by atoms with Gasteiger partial charge in [-0.25, -0.2) is 9.79 Å². The van der Waals surface area contributed by atoms with Crippen LogP contribution in [0.3, 0.4) is 0 Å². The Bertz CT molecular complexity index is 1160. The van der Waals surface area contributed by atoms with Crippen molar-refractivity contribution in [2.75, 3.05) is 31.6 Å². The summed E-state index contributed by atoms with van der Waals surface area (Å²) in [6.45, 7) is 3.94. The number of thioether (sulfide) groups is 1. The van der Waals surface area contributed by atoms with Crippen molar-refractivity contribution in [3.63, 3.8) is 0 Å². The predicted octanol–water partition coefficient (Wildman–Crippen LogP) is 3.63. The Hall–Kier alpha value is -3.66. The van der Waals surface area contributed by atoms with Gasteiger partial charge in [-0.3, -0.25) is 4.79 Å². The highest BCUT2D eigenvalue weighted by atomic mass is 32.2. The van der Waals surface area contributed by atoms with E-state index in [0.29, 0.717) is 39.4 Å². The van der Waals surface area contributed by atoms with Crippen molar-refractivity contribution in [3.05, 3.63) is 59.3 Å². The van der Waals surface area contributed by atoms with Crippen LogP contribution in [0.15, 0.2) is 58.7 Å². The third-order valence-corrected chi connectivity index (χ3v) is 6.01. The number of ether oxygens (including phenoxy) is 4. The summed E-state index contributed by atoms with van der Waals surface area (Å²) in [6.07, 6.45) is 0. The quantitative estimate of drug-likeness (QED) is 0.575. The lowest BCUT2D eigenvalue weighted by Gasteiger charge is -2.25. The smallest absolute Gasteiger partial charge is 0.338 e. The molecule has 2 aromatic carbocycles. The van der Waals surface area contributed by atoms with Crippen LogP contribution in [0.4, 0.5) is 5.69 Å². The summed E-state index contributed by atoms with van der Waals surface area (Å²) in [7, 11) is 1.57. The van der Waals surface area contributed by atoms with Crippen LogP contribution in [-0.4, -0.2) is 43.3 Å². The number of hydrogen-bond acceptors (Lipinski definition) is 9. The molecule has 0 unspecified atom stereocenters. The number of fused-ring (bicyclic) bond motifs is 1. The molecule has 2 aliphatic heterocycles. The van der Waals surface area contributed by atoms with E-state index in [0.717, 1.165) is 5.56 Å². The van der Waals surface area contributed by atoms with Crippen LogP contribution < -0.4 is 24.8 Å². The number of hydrogen-bond donors (Lipinski definition) is 2. The molecule has 2 N–H and O–H groups in total. The van der Waals surface area contributed by atoms with Gasteiger partial charge in [0.15, 0.2) is 16.7 Å². The average molecular weight is 484 g/mol. The summed E-state index contributed by atoms with van der Waals surface area (Å²) < 4.78 is 21.3. The van der Waals surface area contributed by atoms with Crippen LogP contribution in [-0.2, 0) is 14.3 Å². The van der Waals surface area contributed by atoms with Gasteiger partial charge in [0.05, 0.1) is 25.0 Å². The molecule has 4 rings (SSSR count). The Morgan fingerprint density at radius 3 is 2.82 bits per heavy atom. The molecule has 0 aromatic heterocycles. The van der Waals surface area contributed by atoms with Crippen LogP contribution >= 0.6 is 11.8 Å². The van der Waals surface area contributed by atoms with Gasteiger partial charge in [-0.1, -0.05) is 23.9 Å². The van der Waals surface area contributed by atoms with Gasteiger partial charge in [-0.2, -0.15) is 0 Å². The third kappa shape index (κ3) is 5.28. The van der Waals surface area contributed by atoms with E-state index in [2.05, 4.69) is 10.6 Å². The number of methoxy groups -OCH3 is 1. The van der Waals surface area contributed by atoms with Gasteiger partial charge >= 0.3 is 5.97 Å². The molecule has 0 radical (unpaired) electrons. The van der Waals surface area contributed by atoms with Gasteiger partial charge in [0.25, 0.3) is 0 Å². The number of esters is 1. The van der Waals surface area contributed by atoms with Crippen molar-refractivity contribution in [2.24, 2.45) is 4.99 Å². The monoisotopic (exact) mass is 483 g/mol. The van der Waals surface area contributed by atoms with Crippen LogP contribution in [0.1, 0.15) is 25.5 Å². The minimum atomic E-state index is -0.612. The van der Waals surface area contributed by atoms with E-state index in [4.69, 9.17) is 23.9 Å². The molecule has 0 bridgehead atoms. The van der Waals surface area contributed by atoms with E-state index in [1.54, 1.807) is 51.3 Å². The highest BCUT2D eigenvalue weighted by Gasteiger charge is 2.31. The summed E-state index contributed by atoms with van der Waals surface area (Å²) in [5, 5.41) is 6.50. The molecule has 1 atom stereocenters. The lowest BCUT2D eigenvalue weighted by atomic mass is 9.96. The molecular formula is C24H25N3O6S. The number of nitrogens with zero attached hydrogens (tertiary/aromatic N) is 1. The normalized spacial score (nSPS) is 16.4. The largest absolute Gasteiger partial charge is 0.497 e. The van der Waals surface area contributed by atoms with Gasteiger partial charge in [0.1, 0.15) is 11.8 Å². The number of aliphatic imine (C=N–C) groups is 1. The summed E-state index contributed by atoms with van der Waals surface area (Å²) in [5.41, 5.74) is 2.42. The average Bonchev–Trinajstić information content (AvgIpc) is 3.30. The number of anilines is 1. The number of amidine groups is 1. The molecule has 1 amide bonds. The van der Waals surface area contributed by atoms with E-state index in [1.165, 1.54) is 11.8 Å². The minimum Gasteiger partial charge on any atom is -0.497 e. The lowest BCUT2D eigenvalue weighted by Crippen LogP contribution is -2.31. The number of amides is 1. The molecule has 178 valence electrons. The maximum Gasteiger partial charge on any atom is 0.338 e. The molecule has 0 fully saturated rings. The highest BCUT2D eigenvalue weighted by Crippen LogP contribution is 2.39. The van der Waals surface area contributed by atoms with Crippen molar-refractivity contribution < 1.29 is 28.5 Å². The SMILES string of the molecule is CCOC(=O)C1=C(C)NC(SCC(=O)Nc2cccc(OC)c2)=N[C@H]1c1ccc2c(c1)OCO2. The zero-order valence-electron chi connectivity index (χ0n) is 19.0. The number of rotatable bonds is 7. The molecule has 9 nitrogen and oxygen atoms in total. The van der Waals surface area contributed by atoms with Crippen LogP contribution in [0.5, 0.6) is 17.2 Å². The summed E-state index contributed by atoms with van der Waals surface area (Å²) in [5.74, 6) is 1.38. The van der Waals surface area contributed by atoms with Crippen molar-refractivity contribution >= 4 is 34.5 Å². The van der Waals surface area contributed by atoms with E-state index >= 15 is 0 Å². The van der Waals surface area contributed by atoms with Crippen molar-refractivity contribution in [1.82, 2.24) is 5.32 Å². The van der Waals surface area contributed by atoms with Crippen molar-refractivity contribution in [2.45, 2.75) is 19.9 Å². The standard InChI is InChI=1S/C24H25N3O6S/c1-4-31-23(29)21-14(2)25-24(27-22(21)15-8-9-18-19(10-15)33-13-32-18)34-12-20(28)26-16-6-5-7-17(11-16)30-3/h5-11,22H,4,12-13H2,1-3H3,(H,25,27)(H,26,28)/t22-/m0/s1. The van der Waals surface area contributed by atoms with Crippen LogP contribution in [0.2, 0.25) is 0 Å². The van der Waals surface area contributed by atoms with Gasteiger partial charge in [-0.15, -0.1) is 0 Å². The minimum absolute atomic E-state index is 0.124. The zero-order valence-corrected chi connectivity index (χ0v) is 19.9. The van der Waals surface area contributed by atoms with Crippen LogP contribution in [0, 0.1) is 0 Å². The lowest BCUT2D eigenvalue weighted by molar-refractivity contribution is -0.139. The molecule has 2 aromatic rings. The number of nitrogens with one attached hydrogen (secondary N) is 2. The Morgan fingerprint density at radius 2 is 2.03 bits per heavy atom. The molecule has 0 spiro atoms. The Balaban J connectivity index is 1.52. The molecule has 2 aliphatic rings. The topological polar surface area (TPSA) is 107 Å². The fourth-order valence-electron chi connectivity index (χ4n) is 3.55. The molecule has 10 heteroatoms. The van der Waals surface area contributed by atoms with Gasteiger partial charge in [0, 0.05) is 17.5 Å². The number of allylic oxidation sites excluding steroid dienone is 1. The maximum absolute atomic E-state index is 12.7. The molecule has 34 heavy (non-hydrogen) atoms. The second kappa shape index (κ2) is 10.5. The number of carbonyl (C=O) groups is 2. The molecule has 0 saturated heterocycles. The Labute approximate surface area is 201 Å². The van der Waals surface area contributed by atoms with Gasteiger partial charge in [0.2, 0.25) is 12.7 Å². The van der Waals surface area contributed by atoms with E-state index < -0.39 is 12.0 Å². The Kier molecular flexibility index (Phi) is 7.27. The fraction of sp³-hybridized carbons (Fsp3) is 0.292. The first-order chi connectivity index (χ1) is 16.5. The number of benzene rings is 2. The van der Waals surface area contributed by atoms with Gasteiger partial charge < -0.3 is 29.6 Å². The zero-order chi connectivity index (χ0) is 24.1. The third-order valence-electron chi connectivity index (χ3n) is 5.12. The molecule has 0 saturated carbocycles. The number of carbonyl (C=O) groups excluding carboxylic acids is 2. The van der Waals surface area contributed by atoms with E-state index in [1.807, 2.05) is 12.1 Å². The first-order valence-electron chi connectivity index (χ1n) is 10.7. The summed E-state index contributed by atoms with van der Waals surface area (Å²) in [4.78, 5) is 30.0. The maximum atomic E-state index is 12.7. The highest BCUT2D eigenvalue weighted by molar-refractivity contribution is 8.14. The predicted molar refractivity (Wildman–Crippen MR) is 129 cm³/mol.